The van der Waals surface area contributed by atoms with Gasteiger partial charge in [0.05, 0.1) is 6.61 Å². The van der Waals surface area contributed by atoms with Gasteiger partial charge in [0, 0.05) is 0 Å². The third-order valence-corrected chi connectivity index (χ3v) is 1.53. The van der Waals surface area contributed by atoms with Crippen LogP contribution in [0.15, 0.2) is 0 Å². The van der Waals surface area contributed by atoms with Crippen molar-refractivity contribution < 1.29 is 19.3 Å². The van der Waals surface area contributed by atoms with Gasteiger partial charge in [-0.05, 0) is 0 Å². The summed E-state index contributed by atoms with van der Waals surface area (Å²) in [6.07, 6.45) is -4.85. The van der Waals surface area contributed by atoms with Crippen molar-refractivity contribution in [2.75, 3.05) is 6.61 Å². The Morgan fingerprint density at radius 2 is 2.20 bits per heavy atom. The number of ether oxygens (including phenoxy) is 1. The largest absolute Gasteiger partial charge is 0.394 e. The summed E-state index contributed by atoms with van der Waals surface area (Å²) in [5, 5.41) is 17.4. The molecule has 0 aromatic rings. The van der Waals surface area contributed by atoms with Crippen molar-refractivity contribution in [3.63, 3.8) is 0 Å². The molecule has 4 unspecified atom stereocenters. The fourth-order valence-corrected chi connectivity index (χ4v) is 0.908. The highest BCUT2D eigenvalue weighted by atomic mass is 19.1. The number of aliphatic hydroxyl groups is 2. The van der Waals surface area contributed by atoms with E-state index in [-0.39, 0.29) is 0 Å². The second kappa shape index (κ2) is 2.79. The summed E-state index contributed by atoms with van der Waals surface area (Å²) in [7, 11) is 0. The number of nitrogens with two attached hydrogens (primary N) is 1. The highest BCUT2D eigenvalue weighted by Gasteiger charge is 2.41. The van der Waals surface area contributed by atoms with Crippen LogP contribution in [0.5, 0.6) is 0 Å². The SMILES string of the molecule is NC1OC(CO)C(O)C1F. The molecule has 0 aromatic heterocycles. The molecule has 60 valence electrons. The van der Waals surface area contributed by atoms with Gasteiger partial charge in [-0.3, -0.25) is 0 Å². The molecule has 0 aromatic carbocycles. The van der Waals surface area contributed by atoms with E-state index < -0.39 is 31.2 Å². The van der Waals surface area contributed by atoms with Gasteiger partial charge in [0.2, 0.25) is 0 Å². The maximum absolute atomic E-state index is 12.5. The zero-order valence-electron chi connectivity index (χ0n) is 5.27. The van der Waals surface area contributed by atoms with E-state index in [2.05, 4.69) is 4.74 Å². The average molecular weight is 151 g/mol. The number of halogens is 1. The molecule has 4 atom stereocenters. The number of alkyl halides is 1. The van der Waals surface area contributed by atoms with Gasteiger partial charge < -0.3 is 20.7 Å². The molecule has 4 nitrogen and oxygen atoms in total. The van der Waals surface area contributed by atoms with E-state index >= 15 is 0 Å². The summed E-state index contributed by atoms with van der Waals surface area (Å²) < 4.78 is 17.2. The summed E-state index contributed by atoms with van der Waals surface area (Å²) >= 11 is 0. The van der Waals surface area contributed by atoms with E-state index in [1.54, 1.807) is 0 Å². The maximum Gasteiger partial charge on any atom is 0.168 e. The Labute approximate surface area is 57.4 Å². The van der Waals surface area contributed by atoms with E-state index in [0.29, 0.717) is 0 Å². The Kier molecular flexibility index (Phi) is 2.20. The molecule has 1 fully saturated rings. The van der Waals surface area contributed by atoms with Crippen molar-refractivity contribution in [2.45, 2.75) is 24.6 Å². The van der Waals surface area contributed by atoms with Crippen molar-refractivity contribution in [3.8, 4) is 0 Å². The minimum atomic E-state index is -1.59. The smallest absolute Gasteiger partial charge is 0.168 e. The molecule has 1 rings (SSSR count). The zero-order valence-corrected chi connectivity index (χ0v) is 5.27. The molecule has 0 spiro atoms. The normalized spacial score (nSPS) is 48.0. The Morgan fingerprint density at radius 3 is 2.40 bits per heavy atom. The summed E-state index contributed by atoms with van der Waals surface area (Å²) in [4.78, 5) is 0. The first kappa shape index (κ1) is 7.87. The first-order valence-corrected chi connectivity index (χ1v) is 3.01. The molecule has 0 saturated carbocycles. The van der Waals surface area contributed by atoms with E-state index in [4.69, 9.17) is 15.9 Å². The third-order valence-electron chi connectivity index (χ3n) is 1.53. The molecule has 0 bridgehead atoms. The third kappa shape index (κ3) is 1.13. The Bertz CT molecular complexity index is 123. The van der Waals surface area contributed by atoms with Crippen LogP contribution in [0.1, 0.15) is 0 Å². The van der Waals surface area contributed by atoms with Gasteiger partial charge in [-0.1, -0.05) is 0 Å². The van der Waals surface area contributed by atoms with E-state index in [1.807, 2.05) is 0 Å². The molecule has 1 heterocycles. The van der Waals surface area contributed by atoms with Gasteiger partial charge in [0.15, 0.2) is 6.17 Å². The van der Waals surface area contributed by atoms with E-state index in [0.717, 1.165) is 0 Å². The summed E-state index contributed by atoms with van der Waals surface area (Å²) in [5.41, 5.74) is 5.07. The lowest BCUT2D eigenvalue weighted by atomic mass is 10.2. The van der Waals surface area contributed by atoms with Crippen LogP contribution in [0.25, 0.3) is 0 Å². The molecular weight excluding hydrogens is 141 g/mol. The van der Waals surface area contributed by atoms with Crippen LogP contribution in [0.4, 0.5) is 4.39 Å². The number of hydrogen-bond acceptors (Lipinski definition) is 4. The molecular formula is C5H10FNO3. The van der Waals surface area contributed by atoms with Crippen LogP contribution in [0.3, 0.4) is 0 Å². The van der Waals surface area contributed by atoms with Crippen LogP contribution in [0, 0.1) is 0 Å². The van der Waals surface area contributed by atoms with Gasteiger partial charge in [-0.2, -0.15) is 0 Å². The Balaban J connectivity index is 2.53. The number of aliphatic hydroxyl groups excluding tert-OH is 2. The first-order valence-electron chi connectivity index (χ1n) is 3.01. The molecule has 1 saturated heterocycles. The van der Waals surface area contributed by atoms with Crippen molar-refractivity contribution in [3.05, 3.63) is 0 Å². The van der Waals surface area contributed by atoms with Crippen LogP contribution < -0.4 is 5.73 Å². The average Bonchev–Trinajstić information content (AvgIpc) is 2.17. The number of hydrogen-bond donors (Lipinski definition) is 3. The summed E-state index contributed by atoms with van der Waals surface area (Å²) in [6, 6.07) is 0. The minimum absolute atomic E-state index is 0.407. The monoisotopic (exact) mass is 151 g/mol. The molecule has 1 aliphatic heterocycles. The lowest BCUT2D eigenvalue weighted by molar-refractivity contribution is -0.0200. The molecule has 4 N–H and O–H groups in total. The van der Waals surface area contributed by atoms with Gasteiger partial charge in [-0.15, -0.1) is 0 Å². The molecule has 10 heavy (non-hydrogen) atoms. The fraction of sp³-hybridized carbons (Fsp3) is 1.00. The van der Waals surface area contributed by atoms with Crippen LogP contribution in [-0.2, 0) is 4.74 Å². The lowest BCUT2D eigenvalue weighted by Crippen LogP contribution is -2.33. The standard InChI is InChI=1S/C5H10FNO3/c6-3-4(9)2(1-8)10-5(3)7/h2-5,8-9H,1,7H2. The van der Waals surface area contributed by atoms with Crippen molar-refractivity contribution in [2.24, 2.45) is 5.73 Å². The second-order valence-corrected chi connectivity index (χ2v) is 2.26. The van der Waals surface area contributed by atoms with Crippen molar-refractivity contribution >= 4 is 0 Å². The van der Waals surface area contributed by atoms with Crippen LogP contribution in [-0.4, -0.2) is 41.4 Å². The maximum atomic E-state index is 12.5. The lowest BCUT2D eigenvalue weighted by Gasteiger charge is -2.08. The molecule has 5 heteroatoms. The molecule has 0 aliphatic carbocycles. The van der Waals surface area contributed by atoms with E-state index in [1.165, 1.54) is 0 Å². The summed E-state index contributed by atoms with van der Waals surface area (Å²) in [6.45, 7) is -0.407. The van der Waals surface area contributed by atoms with Gasteiger partial charge in [-0.25, -0.2) is 4.39 Å². The van der Waals surface area contributed by atoms with Crippen molar-refractivity contribution in [1.82, 2.24) is 0 Å². The van der Waals surface area contributed by atoms with Crippen molar-refractivity contribution in [1.29, 1.82) is 0 Å². The Morgan fingerprint density at radius 1 is 1.60 bits per heavy atom. The highest BCUT2D eigenvalue weighted by Crippen LogP contribution is 2.20. The summed E-state index contributed by atoms with van der Waals surface area (Å²) in [5.74, 6) is 0. The predicted octanol–water partition coefficient (Wildman–Crippen LogP) is -1.64. The zero-order chi connectivity index (χ0) is 7.72. The molecule has 1 aliphatic rings. The first-order chi connectivity index (χ1) is 4.66. The van der Waals surface area contributed by atoms with E-state index in [9.17, 15) is 4.39 Å². The number of rotatable bonds is 1. The second-order valence-electron chi connectivity index (χ2n) is 2.26. The molecule has 0 amide bonds. The van der Waals surface area contributed by atoms with Gasteiger partial charge >= 0.3 is 0 Å². The quantitative estimate of drug-likeness (QED) is 0.420. The Hall–Kier alpha value is -0.230. The van der Waals surface area contributed by atoms with Gasteiger partial charge in [0.1, 0.15) is 18.4 Å². The predicted molar refractivity (Wildman–Crippen MR) is 30.8 cm³/mol. The van der Waals surface area contributed by atoms with Gasteiger partial charge in [0.25, 0.3) is 0 Å². The molecule has 0 radical (unpaired) electrons. The van der Waals surface area contributed by atoms with Crippen LogP contribution in [0.2, 0.25) is 0 Å². The minimum Gasteiger partial charge on any atom is -0.394 e. The highest BCUT2D eigenvalue weighted by molar-refractivity contribution is 4.87. The van der Waals surface area contributed by atoms with Crippen LogP contribution >= 0.6 is 0 Å². The topological polar surface area (TPSA) is 75.7 Å². The fourth-order valence-electron chi connectivity index (χ4n) is 0.908.